The van der Waals surface area contributed by atoms with Crippen molar-refractivity contribution in [3.8, 4) is 0 Å². The standard InChI is InChI=1S/C17H30O/c1-2-3-4-5-6-7-8-9-10-11-12-13-14-15-16-17-18/h7-10,17H,2-6,11-16H2,1H3/b8-7+,10-9-. The number of rotatable bonds is 13. The molecule has 0 atom stereocenters. The molecule has 0 aliphatic rings. The lowest BCUT2D eigenvalue weighted by atomic mass is 10.1. The van der Waals surface area contributed by atoms with E-state index in [0.29, 0.717) is 0 Å². The summed E-state index contributed by atoms with van der Waals surface area (Å²) >= 11 is 0. The van der Waals surface area contributed by atoms with Crippen molar-refractivity contribution in [3.63, 3.8) is 0 Å². The highest BCUT2D eigenvalue weighted by Gasteiger charge is 1.87. The minimum atomic E-state index is 0.733. The van der Waals surface area contributed by atoms with Crippen molar-refractivity contribution in [1.29, 1.82) is 0 Å². The Bertz CT molecular complexity index is 216. The first-order chi connectivity index (χ1) is 8.91. The van der Waals surface area contributed by atoms with Crippen LogP contribution in [0.1, 0.15) is 77.6 Å². The van der Waals surface area contributed by atoms with Gasteiger partial charge < -0.3 is 4.79 Å². The van der Waals surface area contributed by atoms with E-state index in [1.54, 1.807) is 0 Å². The van der Waals surface area contributed by atoms with E-state index in [-0.39, 0.29) is 0 Å². The molecule has 18 heavy (non-hydrogen) atoms. The summed E-state index contributed by atoms with van der Waals surface area (Å²) < 4.78 is 0. The van der Waals surface area contributed by atoms with Gasteiger partial charge in [0.1, 0.15) is 6.29 Å². The van der Waals surface area contributed by atoms with Crippen molar-refractivity contribution in [2.24, 2.45) is 0 Å². The molecule has 0 rings (SSSR count). The van der Waals surface area contributed by atoms with Gasteiger partial charge in [0.15, 0.2) is 0 Å². The Kier molecular flexibility index (Phi) is 15.4. The molecule has 0 fully saturated rings. The molecule has 0 saturated heterocycles. The molecule has 1 nitrogen and oxygen atoms in total. The molecule has 0 aromatic rings. The van der Waals surface area contributed by atoms with Crippen LogP contribution in [0, 0.1) is 0 Å². The van der Waals surface area contributed by atoms with Crippen LogP contribution in [-0.2, 0) is 4.79 Å². The topological polar surface area (TPSA) is 17.1 Å². The van der Waals surface area contributed by atoms with Gasteiger partial charge in [-0.1, -0.05) is 63.3 Å². The molecule has 0 bridgehead atoms. The summed E-state index contributed by atoms with van der Waals surface area (Å²) in [5.74, 6) is 0. The molecule has 1 heteroatoms. The van der Waals surface area contributed by atoms with Crippen molar-refractivity contribution < 1.29 is 4.79 Å². The van der Waals surface area contributed by atoms with Gasteiger partial charge in [-0.2, -0.15) is 0 Å². The maximum atomic E-state index is 10.1. The van der Waals surface area contributed by atoms with Gasteiger partial charge >= 0.3 is 0 Å². The molecule has 0 N–H and O–H groups in total. The molecule has 0 aromatic carbocycles. The SMILES string of the molecule is CCCCCC/C=C/C=C\CCCCCCC=O. The predicted molar refractivity (Wildman–Crippen MR) is 80.8 cm³/mol. The summed E-state index contributed by atoms with van der Waals surface area (Å²) in [6, 6.07) is 0. The Morgan fingerprint density at radius 2 is 1.17 bits per heavy atom. The van der Waals surface area contributed by atoms with E-state index >= 15 is 0 Å². The molecule has 0 aromatic heterocycles. The van der Waals surface area contributed by atoms with Crippen molar-refractivity contribution >= 4 is 6.29 Å². The zero-order chi connectivity index (χ0) is 13.3. The second-order valence-corrected chi connectivity index (χ2v) is 4.86. The lowest BCUT2D eigenvalue weighted by Crippen LogP contribution is -1.78. The number of carbonyl (C=O) groups is 1. The molecular formula is C17H30O. The van der Waals surface area contributed by atoms with Crippen LogP contribution in [0.3, 0.4) is 0 Å². The molecule has 0 radical (unpaired) electrons. The molecule has 0 spiro atoms. The Morgan fingerprint density at radius 3 is 1.67 bits per heavy atom. The van der Waals surface area contributed by atoms with Gasteiger partial charge in [0, 0.05) is 6.42 Å². The maximum absolute atomic E-state index is 10.1. The van der Waals surface area contributed by atoms with Crippen molar-refractivity contribution in [2.45, 2.75) is 77.6 Å². The Hall–Kier alpha value is -0.850. The van der Waals surface area contributed by atoms with Crippen molar-refractivity contribution in [2.75, 3.05) is 0 Å². The van der Waals surface area contributed by atoms with E-state index in [0.717, 1.165) is 19.1 Å². The number of aldehydes is 1. The molecule has 0 aliphatic carbocycles. The van der Waals surface area contributed by atoms with Gasteiger partial charge in [0.2, 0.25) is 0 Å². The van der Waals surface area contributed by atoms with Crippen LogP contribution in [0.5, 0.6) is 0 Å². The van der Waals surface area contributed by atoms with Crippen LogP contribution in [0.15, 0.2) is 24.3 Å². The van der Waals surface area contributed by atoms with Crippen LogP contribution < -0.4 is 0 Å². The first kappa shape index (κ1) is 17.2. The third-order valence-corrected chi connectivity index (χ3v) is 3.05. The first-order valence-corrected chi connectivity index (χ1v) is 7.67. The van der Waals surface area contributed by atoms with Crippen molar-refractivity contribution in [1.82, 2.24) is 0 Å². The lowest BCUT2D eigenvalue weighted by Gasteiger charge is -1.95. The molecule has 0 aliphatic heterocycles. The predicted octanol–water partition coefficient (Wildman–Crippen LogP) is 5.61. The molecule has 0 heterocycles. The summed E-state index contributed by atoms with van der Waals surface area (Å²) in [6.07, 6.45) is 23.1. The minimum absolute atomic E-state index is 0.733. The van der Waals surface area contributed by atoms with Gasteiger partial charge in [0.25, 0.3) is 0 Å². The fraction of sp³-hybridized carbons (Fsp3) is 0.706. The normalized spacial score (nSPS) is 11.6. The van der Waals surface area contributed by atoms with Crippen LogP contribution in [0.25, 0.3) is 0 Å². The molecule has 0 amide bonds. The molecular weight excluding hydrogens is 220 g/mol. The second kappa shape index (κ2) is 16.1. The highest BCUT2D eigenvalue weighted by atomic mass is 16.1. The average Bonchev–Trinajstić information content (AvgIpc) is 2.39. The van der Waals surface area contributed by atoms with E-state index in [2.05, 4.69) is 31.2 Å². The van der Waals surface area contributed by atoms with Gasteiger partial charge in [-0.3, -0.25) is 0 Å². The molecule has 0 saturated carbocycles. The summed E-state index contributed by atoms with van der Waals surface area (Å²) in [7, 11) is 0. The van der Waals surface area contributed by atoms with Gasteiger partial charge in [-0.25, -0.2) is 0 Å². The number of carbonyl (C=O) groups excluding carboxylic acids is 1. The van der Waals surface area contributed by atoms with E-state index in [1.807, 2.05) is 0 Å². The van der Waals surface area contributed by atoms with Gasteiger partial charge in [-0.05, 0) is 32.1 Å². The number of hydrogen-bond acceptors (Lipinski definition) is 1. The lowest BCUT2D eigenvalue weighted by molar-refractivity contribution is -0.107. The van der Waals surface area contributed by atoms with Crippen LogP contribution in [0.2, 0.25) is 0 Å². The van der Waals surface area contributed by atoms with E-state index in [1.165, 1.54) is 57.8 Å². The molecule has 104 valence electrons. The van der Waals surface area contributed by atoms with Gasteiger partial charge in [0.05, 0.1) is 0 Å². The number of allylic oxidation sites excluding steroid dienone is 4. The zero-order valence-electron chi connectivity index (χ0n) is 12.1. The first-order valence-electron chi connectivity index (χ1n) is 7.67. The van der Waals surface area contributed by atoms with E-state index in [9.17, 15) is 4.79 Å². The summed E-state index contributed by atoms with van der Waals surface area (Å²) in [6.45, 7) is 2.25. The average molecular weight is 250 g/mol. The smallest absolute Gasteiger partial charge is 0.119 e. The Labute approximate surface area is 113 Å². The molecule has 0 unspecified atom stereocenters. The van der Waals surface area contributed by atoms with Crippen LogP contribution >= 0.6 is 0 Å². The quantitative estimate of drug-likeness (QED) is 0.236. The van der Waals surface area contributed by atoms with Crippen LogP contribution in [-0.4, -0.2) is 6.29 Å². The van der Waals surface area contributed by atoms with Crippen LogP contribution in [0.4, 0.5) is 0 Å². The Morgan fingerprint density at radius 1 is 0.667 bits per heavy atom. The summed E-state index contributed by atoms with van der Waals surface area (Å²) in [4.78, 5) is 10.1. The minimum Gasteiger partial charge on any atom is -0.303 e. The fourth-order valence-electron chi connectivity index (χ4n) is 1.88. The second-order valence-electron chi connectivity index (χ2n) is 4.86. The maximum Gasteiger partial charge on any atom is 0.119 e. The highest BCUT2D eigenvalue weighted by molar-refractivity contribution is 5.48. The largest absolute Gasteiger partial charge is 0.303 e. The van der Waals surface area contributed by atoms with E-state index < -0.39 is 0 Å². The zero-order valence-corrected chi connectivity index (χ0v) is 12.1. The van der Waals surface area contributed by atoms with E-state index in [4.69, 9.17) is 0 Å². The third-order valence-electron chi connectivity index (χ3n) is 3.05. The Balaban J connectivity index is 3.16. The third kappa shape index (κ3) is 15.1. The van der Waals surface area contributed by atoms with Gasteiger partial charge in [-0.15, -0.1) is 0 Å². The number of hydrogen-bond donors (Lipinski definition) is 0. The number of unbranched alkanes of at least 4 members (excludes halogenated alkanes) is 9. The summed E-state index contributed by atoms with van der Waals surface area (Å²) in [5.41, 5.74) is 0. The highest BCUT2D eigenvalue weighted by Crippen LogP contribution is 2.05. The fourth-order valence-corrected chi connectivity index (χ4v) is 1.88. The summed E-state index contributed by atoms with van der Waals surface area (Å²) in [5, 5.41) is 0. The van der Waals surface area contributed by atoms with Crippen molar-refractivity contribution in [3.05, 3.63) is 24.3 Å². The monoisotopic (exact) mass is 250 g/mol.